The second-order valence-electron chi connectivity index (χ2n) is 2.72. The Morgan fingerprint density at radius 1 is 1.45 bits per heavy atom. The minimum Gasteiger partial charge on any atom is -0.301 e. The average Bonchev–Trinajstić information content (AvgIpc) is 2.05. The van der Waals surface area contributed by atoms with E-state index in [1.165, 1.54) is 19.3 Å². The van der Waals surface area contributed by atoms with Crippen LogP contribution in [0.15, 0.2) is 0 Å². The molecule has 0 spiro atoms. The fraction of sp³-hybridized carbons (Fsp3) is 1.00. The van der Waals surface area contributed by atoms with Gasteiger partial charge in [0.25, 0.3) is 0 Å². The molecule has 0 aromatic carbocycles. The molecule has 0 radical (unpaired) electrons. The zero-order valence-corrected chi connectivity index (χ0v) is 8.42. The van der Waals surface area contributed by atoms with E-state index >= 15 is 0 Å². The fourth-order valence-corrected chi connectivity index (χ4v) is 1.23. The summed E-state index contributed by atoms with van der Waals surface area (Å²) in [7, 11) is 2.51. The molecule has 0 saturated heterocycles. The third kappa shape index (κ3) is 6.70. The first-order chi connectivity index (χ1) is 5.35. The number of nitrogens with one attached hydrogen (secondary N) is 2. The van der Waals surface area contributed by atoms with Gasteiger partial charge in [-0.05, 0) is 25.8 Å². The molecule has 2 unspecified atom stereocenters. The number of hydrogen-bond donors (Lipinski definition) is 3. The van der Waals surface area contributed by atoms with Gasteiger partial charge in [0, 0.05) is 6.04 Å². The summed E-state index contributed by atoms with van der Waals surface area (Å²) >= 11 is 0. The molecule has 0 amide bonds. The molecule has 0 aromatic rings. The molecule has 3 nitrogen and oxygen atoms in total. The predicted octanol–water partition coefficient (Wildman–Crippen LogP) is 0.778. The highest BCUT2D eigenvalue weighted by molar-refractivity contribution is 7.13. The van der Waals surface area contributed by atoms with Crippen LogP contribution in [0.25, 0.3) is 0 Å². The lowest BCUT2D eigenvalue weighted by Gasteiger charge is -2.12. The van der Waals surface area contributed by atoms with Crippen LogP contribution in [0.4, 0.5) is 0 Å². The lowest BCUT2D eigenvalue weighted by Crippen LogP contribution is -2.34. The molecule has 0 aromatic heterocycles. The van der Waals surface area contributed by atoms with Gasteiger partial charge < -0.3 is 5.09 Å². The Hall–Kier alpha value is 0.310. The summed E-state index contributed by atoms with van der Waals surface area (Å²) in [4.78, 5) is 0. The molecular weight excluding hydrogens is 157 g/mol. The number of unbranched alkanes of at least 4 members (excludes halogenated alkanes) is 1. The van der Waals surface area contributed by atoms with E-state index in [4.69, 9.17) is 5.84 Å². The molecule has 2 atom stereocenters. The molecule has 0 bridgehead atoms. The van der Waals surface area contributed by atoms with E-state index < -0.39 is 0 Å². The largest absolute Gasteiger partial charge is 0.301 e. The van der Waals surface area contributed by atoms with Crippen molar-refractivity contribution in [3.63, 3.8) is 0 Å². The SMILES string of the molecule is CCC(CCCCNP)NN. The van der Waals surface area contributed by atoms with Crippen molar-refractivity contribution < 1.29 is 0 Å². The van der Waals surface area contributed by atoms with Crippen LogP contribution in [-0.4, -0.2) is 12.6 Å². The van der Waals surface area contributed by atoms with Crippen LogP contribution in [0, 0.1) is 0 Å². The normalized spacial score (nSPS) is 13.4. The molecular formula is C7H20N3P. The maximum Gasteiger partial charge on any atom is 0.0207 e. The molecule has 68 valence electrons. The lowest BCUT2D eigenvalue weighted by molar-refractivity contribution is 0.460. The minimum atomic E-state index is 0.500. The topological polar surface area (TPSA) is 50.1 Å². The molecule has 0 aliphatic carbocycles. The Bertz CT molecular complexity index is 76.1. The van der Waals surface area contributed by atoms with Gasteiger partial charge in [0.15, 0.2) is 0 Å². The fourth-order valence-electron chi connectivity index (χ4n) is 1.02. The Morgan fingerprint density at radius 2 is 2.18 bits per heavy atom. The molecule has 11 heavy (non-hydrogen) atoms. The Balaban J connectivity index is 3.07. The summed E-state index contributed by atoms with van der Waals surface area (Å²) in [6.07, 6.45) is 4.76. The van der Waals surface area contributed by atoms with E-state index in [9.17, 15) is 0 Å². The third-order valence-electron chi connectivity index (χ3n) is 1.85. The number of hydrogen-bond acceptors (Lipinski definition) is 3. The van der Waals surface area contributed by atoms with E-state index in [0.29, 0.717) is 6.04 Å². The van der Waals surface area contributed by atoms with Crippen molar-refractivity contribution in [1.82, 2.24) is 10.5 Å². The van der Waals surface area contributed by atoms with E-state index in [1.807, 2.05) is 0 Å². The van der Waals surface area contributed by atoms with Crippen LogP contribution in [0.5, 0.6) is 0 Å². The van der Waals surface area contributed by atoms with E-state index in [0.717, 1.165) is 13.0 Å². The van der Waals surface area contributed by atoms with Crippen LogP contribution < -0.4 is 16.4 Å². The van der Waals surface area contributed by atoms with Crippen molar-refractivity contribution in [1.29, 1.82) is 0 Å². The Kier molecular flexibility index (Phi) is 8.64. The van der Waals surface area contributed by atoms with Gasteiger partial charge in [-0.1, -0.05) is 22.7 Å². The van der Waals surface area contributed by atoms with Crippen LogP contribution in [0.3, 0.4) is 0 Å². The highest BCUT2D eigenvalue weighted by atomic mass is 31.0. The van der Waals surface area contributed by atoms with Gasteiger partial charge in [-0.15, -0.1) is 0 Å². The average molecular weight is 177 g/mol. The maximum absolute atomic E-state index is 5.33. The first-order valence-corrected chi connectivity index (χ1v) is 4.82. The number of nitrogens with two attached hydrogens (primary N) is 1. The van der Waals surface area contributed by atoms with E-state index in [1.54, 1.807) is 0 Å². The third-order valence-corrected chi connectivity index (χ3v) is 2.14. The smallest absolute Gasteiger partial charge is 0.0207 e. The van der Waals surface area contributed by atoms with Crippen molar-refractivity contribution in [2.45, 2.75) is 38.6 Å². The Labute approximate surface area is 71.7 Å². The second-order valence-corrected chi connectivity index (χ2v) is 3.13. The van der Waals surface area contributed by atoms with Crippen LogP contribution >= 0.6 is 9.39 Å². The standard InChI is InChI=1S/C7H20N3P/c1-2-7(10-8)5-3-4-6-9-11/h7,9-10H,2-6,8,11H2,1H3. The molecule has 4 heteroatoms. The van der Waals surface area contributed by atoms with Crippen LogP contribution in [0.2, 0.25) is 0 Å². The first-order valence-electron chi connectivity index (χ1n) is 4.24. The highest BCUT2D eigenvalue weighted by Gasteiger charge is 2.01. The van der Waals surface area contributed by atoms with Crippen molar-refractivity contribution in [3.8, 4) is 0 Å². The van der Waals surface area contributed by atoms with Gasteiger partial charge >= 0.3 is 0 Å². The zero-order valence-electron chi connectivity index (χ0n) is 7.27. The van der Waals surface area contributed by atoms with E-state index in [-0.39, 0.29) is 0 Å². The molecule has 4 N–H and O–H groups in total. The van der Waals surface area contributed by atoms with E-state index in [2.05, 4.69) is 26.8 Å². The minimum absolute atomic E-state index is 0.500. The summed E-state index contributed by atoms with van der Waals surface area (Å²) in [5, 5.41) is 3.04. The molecule has 0 saturated carbocycles. The summed E-state index contributed by atoms with van der Waals surface area (Å²) in [6, 6.07) is 0.500. The molecule has 0 aliphatic rings. The van der Waals surface area contributed by atoms with Gasteiger partial charge in [-0.2, -0.15) is 0 Å². The summed E-state index contributed by atoms with van der Waals surface area (Å²) in [6.45, 7) is 3.23. The number of hydrazine groups is 1. The molecule has 0 aliphatic heterocycles. The van der Waals surface area contributed by atoms with Crippen molar-refractivity contribution in [3.05, 3.63) is 0 Å². The highest BCUT2D eigenvalue weighted by Crippen LogP contribution is 2.02. The van der Waals surface area contributed by atoms with Crippen molar-refractivity contribution in [2.75, 3.05) is 6.54 Å². The Morgan fingerprint density at radius 3 is 2.64 bits per heavy atom. The summed E-state index contributed by atoms with van der Waals surface area (Å²) < 4.78 is 0. The molecule has 0 rings (SSSR count). The number of rotatable bonds is 7. The van der Waals surface area contributed by atoms with Gasteiger partial charge in [0.2, 0.25) is 0 Å². The van der Waals surface area contributed by atoms with Crippen molar-refractivity contribution >= 4 is 9.39 Å². The summed E-state index contributed by atoms with van der Waals surface area (Å²) in [5.41, 5.74) is 2.80. The summed E-state index contributed by atoms with van der Waals surface area (Å²) in [5.74, 6) is 5.33. The molecule has 0 heterocycles. The van der Waals surface area contributed by atoms with Gasteiger partial charge in [0.05, 0.1) is 0 Å². The first kappa shape index (κ1) is 11.3. The maximum atomic E-state index is 5.33. The quantitative estimate of drug-likeness (QED) is 0.233. The molecule has 0 fully saturated rings. The monoisotopic (exact) mass is 177 g/mol. The van der Waals surface area contributed by atoms with Crippen LogP contribution in [-0.2, 0) is 0 Å². The van der Waals surface area contributed by atoms with Crippen molar-refractivity contribution in [2.24, 2.45) is 5.84 Å². The van der Waals surface area contributed by atoms with Gasteiger partial charge in [-0.25, -0.2) is 0 Å². The zero-order chi connectivity index (χ0) is 8.53. The predicted molar refractivity (Wildman–Crippen MR) is 53.0 cm³/mol. The lowest BCUT2D eigenvalue weighted by atomic mass is 10.1. The second kappa shape index (κ2) is 8.41. The van der Waals surface area contributed by atoms with Gasteiger partial charge in [-0.3, -0.25) is 11.3 Å². The van der Waals surface area contributed by atoms with Crippen LogP contribution in [0.1, 0.15) is 32.6 Å². The van der Waals surface area contributed by atoms with Gasteiger partial charge in [0.1, 0.15) is 0 Å².